The largest absolute Gasteiger partial charge is 0.0750 e. The topological polar surface area (TPSA) is 12.0 Å². The summed E-state index contributed by atoms with van der Waals surface area (Å²) in [6.07, 6.45) is 3.13. The van der Waals surface area contributed by atoms with Crippen LogP contribution >= 0.6 is 17.0 Å². The molecule has 0 amide bonds. The number of hydrogen-bond acceptors (Lipinski definition) is 1. The maximum absolute atomic E-state index is 6.53. The second-order valence-corrected chi connectivity index (χ2v) is 20.3. The van der Waals surface area contributed by atoms with E-state index in [2.05, 4.69) is 57.0 Å². The summed E-state index contributed by atoms with van der Waals surface area (Å²) in [6.45, 7) is 15.1. The van der Waals surface area contributed by atoms with Gasteiger partial charge >= 0.3 is 106 Å². The second-order valence-electron chi connectivity index (χ2n) is 5.97. The minimum absolute atomic E-state index is 0.00911. The van der Waals surface area contributed by atoms with Gasteiger partial charge in [-0.25, -0.2) is 0 Å². The minimum Gasteiger partial charge on any atom is -0.0750 e. The van der Waals surface area contributed by atoms with Crippen molar-refractivity contribution in [2.75, 3.05) is 0 Å². The van der Waals surface area contributed by atoms with Crippen molar-refractivity contribution in [3.63, 3.8) is 0 Å². The maximum atomic E-state index is 6.53. The number of nitrogens with one attached hydrogen (secondary N) is 1. The molecule has 1 aliphatic rings. The predicted molar refractivity (Wildman–Crippen MR) is 85.9 cm³/mol. The van der Waals surface area contributed by atoms with E-state index in [0.717, 1.165) is 6.42 Å². The SMILES string of the molecule is CC1=C(C)C[C]([Zr]([Cl])([Cl])[NH]C(C)(C)C)=C1.C[SiH2]C. The monoisotopic (exact) mass is 385 g/mol. The van der Waals surface area contributed by atoms with Crippen LogP contribution in [0.2, 0.25) is 13.1 Å². The fourth-order valence-corrected chi connectivity index (χ4v) is 11.3. The Morgan fingerprint density at radius 1 is 1.22 bits per heavy atom. The molecule has 1 N–H and O–H groups in total. The second kappa shape index (κ2) is 7.78. The fraction of sp³-hybridized carbons (Fsp3) is 0.692. The predicted octanol–water partition coefficient (Wildman–Crippen LogP) is 4.63. The molecule has 0 radical (unpaired) electrons. The summed E-state index contributed by atoms with van der Waals surface area (Å²) in [5, 5.41) is 0. The Morgan fingerprint density at radius 3 is 1.94 bits per heavy atom. The van der Waals surface area contributed by atoms with E-state index >= 15 is 0 Å². The van der Waals surface area contributed by atoms with E-state index in [4.69, 9.17) is 17.0 Å². The molecule has 18 heavy (non-hydrogen) atoms. The Balaban J connectivity index is 0.000000873. The molecule has 106 valence electrons. The van der Waals surface area contributed by atoms with E-state index < -0.39 is 18.2 Å². The zero-order valence-electron chi connectivity index (χ0n) is 12.7. The van der Waals surface area contributed by atoms with Gasteiger partial charge in [-0.1, -0.05) is 13.1 Å². The summed E-state index contributed by atoms with van der Waals surface area (Å²) < 4.78 is 4.67. The first-order valence-corrected chi connectivity index (χ1v) is 18.2. The van der Waals surface area contributed by atoms with Crippen LogP contribution in [0.25, 0.3) is 0 Å². The Morgan fingerprint density at radius 2 is 1.67 bits per heavy atom. The minimum atomic E-state index is -3.25. The van der Waals surface area contributed by atoms with E-state index in [-0.39, 0.29) is 5.54 Å². The van der Waals surface area contributed by atoms with Gasteiger partial charge in [-0.2, -0.15) is 0 Å². The van der Waals surface area contributed by atoms with Crippen LogP contribution in [0, 0.1) is 0 Å². The van der Waals surface area contributed by atoms with Gasteiger partial charge in [0.15, 0.2) is 0 Å². The molecule has 1 aliphatic carbocycles. The number of halogens is 2. The van der Waals surface area contributed by atoms with Crippen molar-refractivity contribution in [1.29, 1.82) is 0 Å². The fourth-order valence-electron chi connectivity index (χ4n) is 1.61. The van der Waals surface area contributed by atoms with Gasteiger partial charge in [0.2, 0.25) is 0 Å². The molecule has 0 aromatic rings. The quantitative estimate of drug-likeness (QED) is 0.682. The summed E-state index contributed by atoms with van der Waals surface area (Å²) in [4.78, 5) is 0. The molecule has 1 rings (SSSR count). The zero-order chi connectivity index (χ0) is 14.6. The standard InChI is InChI=1S/C7H9.C4H10N.C2H8Si.2ClH.Zr/c1-6-4-3-5-7(6)2;1-4(2,3)5;1-3-2;;;/h4H,5H2,1-2H3;5H,1-3H3;3H2,1-2H3;2*1H;/q;-1;;;;+3/p-2. The third kappa shape index (κ3) is 7.05. The molecule has 0 aromatic carbocycles. The number of allylic oxidation sites excluding steroid dienone is 4. The van der Waals surface area contributed by atoms with Gasteiger partial charge < -0.3 is 0 Å². The molecule has 0 saturated heterocycles. The van der Waals surface area contributed by atoms with E-state index in [1.807, 2.05) is 0 Å². The first-order chi connectivity index (χ1) is 8.03. The van der Waals surface area contributed by atoms with Gasteiger partial charge in [0, 0.05) is 9.52 Å². The van der Waals surface area contributed by atoms with E-state index in [1.54, 1.807) is 0 Å². The van der Waals surface area contributed by atoms with Crippen molar-refractivity contribution in [2.45, 2.75) is 59.7 Å². The van der Waals surface area contributed by atoms with Crippen LogP contribution in [0.4, 0.5) is 0 Å². The average molecular weight is 388 g/mol. The molecule has 0 fully saturated rings. The van der Waals surface area contributed by atoms with Gasteiger partial charge in [0.25, 0.3) is 0 Å². The van der Waals surface area contributed by atoms with Crippen molar-refractivity contribution in [3.8, 4) is 0 Å². The van der Waals surface area contributed by atoms with Crippen molar-refractivity contribution in [2.24, 2.45) is 0 Å². The Labute approximate surface area is 127 Å². The van der Waals surface area contributed by atoms with Crippen LogP contribution < -0.4 is 3.26 Å². The van der Waals surface area contributed by atoms with Gasteiger partial charge in [-0.05, 0) is 0 Å². The molecule has 0 unspecified atom stereocenters. The van der Waals surface area contributed by atoms with Crippen molar-refractivity contribution in [1.82, 2.24) is 3.26 Å². The van der Waals surface area contributed by atoms with Crippen molar-refractivity contribution in [3.05, 3.63) is 20.5 Å². The molecular weight excluding hydrogens is 360 g/mol. The van der Waals surface area contributed by atoms with Crippen LogP contribution in [0.5, 0.6) is 0 Å². The molecule has 0 aromatic heterocycles. The smallest absolute Gasteiger partial charge is 0.0135 e. The first-order valence-electron chi connectivity index (χ1n) is 6.58. The molecule has 0 bridgehead atoms. The van der Waals surface area contributed by atoms with Gasteiger partial charge in [-0.3, -0.25) is 0 Å². The van der Waals surface area contributed by atoms with E-state index in [9.17, 15) is 0 Å². The third-order valence-corrected chi connectivity index (χ3v) is 11.8. The van der Waals surface area contributed by atoms with Crippen molar-refractivity contribution < 1.29 is 18.2 Å². The van der Waals surface area contributed by atoms with E-state index in [0.29, 0.717) is 9.52 Å². The Kier molecular flexibility index (Phi) is 8.27. The van der Waals surface area contributed by atoms with Crippen LogP contribution in [-0.4, -0.2) is 15.1 Å². The molecule has 0 spiro atoms. The van der Waals surface area contributed by atoms with Gasteiger partial charge in [-0.15, -0.1) is 0 Å². The Hall–Kier alpha value is 1.12. The summed E-state index contributed by atoms with van der Waals surface area (Å²) in [6, 6.07) is 0. The number of hydrogen-bond donors (Lipinski definition) is 1. The summed E-state index contributed by atoms with van der Waals surface area (Å²) in [5.74, 6) is 0. The molecule has 0 atom stereocenters. The zero-order valence-corrected chi connectivity index (χ0v) is 18.1. The van der Waals surface area contributed by atoms with E-state index in [1.165, 1.54) is 14.4 Å². The summed E-state index contributed by atoms with van der Waals surface area (Å²) in [7, 11) is 13.5. The van der Waals surface area contributed by atoms with Crippen LogP contribution in [0.3, 0.4) is 0 Å². The van der Waals surface area contributed by atoms with Crippen molar-refractivity contribution >= 4 is 26.5 Å². The van der Waals surface area contributed by atoms with Gasteiger partial charge in [0.1, 0.15) is 0 Å². The normalized spacial score (nSPS) is 16.4. The summed E-state index contributed by atoms with van der Waals surface area (Å²) in [5.41, 5.74) is 2.70. The first kappa shape index (κ1) is 19.1. The molecule has 0 aliphatic heterocycles. The molecule has 0 saturated carbocycles. The van der Waals surface area contributed by atoms with Crippen LogP contribution in [-0.2, 0) is 18.2 Å². The molecular formula is C13H27Cl2NSiZr. The van der Waals surface area contributed by atoms with Crippen LogP contribution in [0.1, 0.15) is 41.0 Å². The molecule has 1 nitrogen and oxygen atoms in total. The molecule has 0 heterocycles. The Bertz CT molecular complexity index is 343. The van der Waals surface area contributed by atoms with Crippen LogP contribution in [0.15, 0.2) is 20.5 Å². The average Bonchev–Trinajstić information content (AvgIpc) is 2.45. The maximum Gasteiger partial charge on any atom is 0.0135 e. The third-order valence-electron chi connectivity index (χ3n) is 2.45. The van der Waals surface area contributed by atoms with Gasteiger partial charge in [0.05, 0.1) is 0 Å². The number of rotatable bonds is 2. The molecule has 5 heteroatoms. The summed E-state index contributed by atoms with van der Waals surface area (Å²) >= 11 is -3.25.